The molecule has 1 aromatic rings. The topological polar surface area (TPSA) is 35.2 Å². The fourth-order valence-electron chi connectivity index (χ4n) is 2.02. The molecule has 0 bridgehead atoms. The van der Waals surface area contributed by atoms with Gasteiger partial charge in [-0.1, -0.05) is 30.3 Å². The zero-order valence-electron chi connectivity index (χ0n) is 7.86. The zero-order valence-corrected chi connectivity index (χ0v) is 7.86. The second kappa shape index (κ2) is 3.13. The van der Waals surface area contributed by atoms with E-state index in [-0.39, 0.29) is 5.60 Å². The molecule has 1 aliphatic carbocycles. The molecule has 0 heterocycles. The predicted molar refractivity (Wildman–Crippen MR) is 52.3 cm³/mol. The fraction of sp³-hybridized carbons (Fsp3) is 0.455. The highest BCUT2D eigenvalue weighted by Gasteiger charge is 2.55. The zero-order chi connectivity index (χ0) is 9.31. The van der Waals surface area contributed by atoms with Gasteiger partial charge < -0.3 is 10.5 Å². The van der Waals surface area contributed by atoms with Gasteiger partial charge in [0.1, 0.15) is 0 Å². The first-order chi connectivity index (χ1) is 6.33. The minimum atomic E-state index is -0.0734. The Labute approximate surface area is 78.7 Å². The lowest BCUT2D eigenvalue weighted by molar-refractivity contribution is 0.0645. The smallest absolute Gasteiger partial charge is 0.0973 e. The summed E-state index contributed by atoms with van der Waals surface area (Å²) >= 11 is 0. The van der Waals surface area contributed by atoms with Crippen molar-refractivity contribution in [2.75, 3.05) is 13.7 Å². The summed E-state index contributed by atoms with van der Waals surface area (Å²) in [4.78, 5) is 0. The first-order valence-corrected chi connectivity index (χ1v) is 4.64. The molecule has 2 rings (SSSR count). The van der Waals surface area contributed by atoms with E-state index in [1.54, 1.807) is 7.11 Å². The Bertz CT molecular complexity index is 285. The van der Waals surface area contributed by atoms with E-state index in [0.29, 0.717) is 12.5 Å². The van der Waals surface area contributed by atoms with Crippen molar-refractivity contribution in [1.82, 2.24) is 0 Å². The Kier molecular flexibility index (Phi) is 2.10. The van der Waals surface area contributed by atoms with Gasteiger partial charge in [-0.3, -0.25) is 0 Å². The van der Waals surface area contributed by atoms with Crippen LogP contribution in [0.1, 0.15) is 12.0 Å². The van der Waals surface area contributed by atoms with E-state index in [9.17, 15) is 0 Å². The van der Waals surface area contributed by atoms with E-state index in [0.717, 1.165) is 6.42 Å². The number of hydrogen-bond donors (Lipinski definition) is 1. The van der Waals surface area contributed by atoms with Gasteiger partial charge in [0.25, 0.3) is 0 Å². The molecule has 1 fully saturated rings. The molecule has 2 atom stereocenters. The Morgan fingerprint density at radius 3 is 2.62 bits per heavy atom. The maximum absolute atomic E-state index is 5.64. The van der Waals surface area contributed by atoms with Crippen LogP contribution in [0.4, 0.5) is 0 Å². The highest BCUT2D eigenvalue weighted by Crippen LogP contribution is 2.53. The van der Waals surface area contributed by atoms with E-state index >= 15 is 0 Å². The molecule has 0 radical (unpaired) electrons. The third-order valence-corrected chi connectivity index (χ3v) is 2.96. The second-order valence-corrected chi connectivity index (χ2v) is 3.60. The van der Waals surface area contributed by atoms with Gasteiger partial charge in [-0.15, -0.1) is 0 Å². The molecular weight excluding hydrogens is 162 g/mol. The van der Waals surface area contributed by atoms with E-state index in [1.807, 2.05) is 18.2 Å². The second-order valence-electron chi connectivity index (χ2n) is 3.60. The molecule has 0 amide bonds. The third-order valence-electron chi connectivity index (χ3n) is 2.96. The summed E-state index contributed by atoms with van der Waals surface area (Å²) in [6.07, 6.45) is 1.06. The third kappa shape index (κ3) is 1.26. The molecular formula is C11H15NO. The van der Waals surface area contributed by atoms with Gasteiger partial charge in [0.2, 0.25) is 0 Å². The number of hydrogen-bond acceptors (Lipinski definition) is 2. The predicted octanol–water partition coefficient (Wildman–Crippen LogP) is 1.51. The molecule has 2 N–H and O–H groups in total. The van der Waals surface area contributed by atoms with Gasteiger partial charge >= 0.3 is 0 Å². The Morgan fingerprint density at radius 2 is 2.15 bits per heavy atom. The summed E-state index contributed by atoms with van der Waals surface area (Å²) in [5, 5.41) is 0. The van der Waals surface area contributed by atoms with Gasteiger partial charge in [-0.05, 0) is 18.5 Å². The SMILES string of the molecule is CO[C@]1(c2ccccc2)C[C@H]1CN. The van der Waals surface area contributed by atoms with Crippen molar-refractivity contribution in [3.8, 4) is 0 Å². The van der Waals surface area contributed by atoms with Crippen LogP contribution in [-0.2, 0) is 10.3 Å². The van der Waals surface area contributed by atoms with Crippen molar-refractivity contribution in [1.29, 1.82) is 0 Å². The van der Waals surface area contributed by atoms with Gasteiger partial charge in [0.15, 0.2) is 0 Å². The summed E-state index contributed by atoms with van der Waals surface area (Å²) in [5.74, 6) is 0.500. The van der Waals surface area contributed by atoms with Gasteiger partial charge in [0, 0.05) is 13.0 Å². The lowest BCUT2D eigenvalue weighted by Crippen LogP contribution is -2.17. The quantitative estimate of drug-likeness (QED) is 0.759. The van der Waals surface area contributed by atoms with Crippen LogP contribution in [-0.4, -0.2) is 13.7 Å². The fourth-order valence-corrected chi connectivity index (χ4v) is 2.02. The van der Waals surface area contributed by atoms with Crippen LogP contribution in [0.15, 0.2) is 30.3 Å². The minimum Gasteiger partial charge on any atom is -0.373 e. The Hall–Kier alpha value is -0.860. The van der Waals surface area contributed by atoms with Gasteiger partial charge in [-0.2, -0.15) is 0 Å². The number of rotatable bonds is 3. The molecule has 2 heteroatoms. The summed E-state index contributed by atoms with van der Waals surface area (Å²) in [7, 11) is 1.77. The Morgan fingerprint density at radius 1 is 1.46 bits per heavy atom. The molecule has 0 saturated heterocycles. The molecule has 0 unspecified atom stereocenters. The van der Waals surface area contributed by atoms with Crippen LogP contribution in [0.3, 0.4) is 0 Å². The van der Waals surface area contributed by atoms with Crippen molar-refractivity contribution >= 4 is 0 Å². The van der Waals surface area contributed by atoms with Crippen molar-refractivity contribution in [2.45, 2.75) is 12.0 Å². The maximum atomic E-state index is 5.64. The van der Waals surface area contributed by atoms with Crippen molar-refractivity contribution in [3.63, 3.8) is 0 Å². The highest BCUT2D eigenvalue weighted by molar-refractivity contribution is 5.30. The van der Waals surface area contributed by atoms with Crippen molar-refractivity contribution in [3.05, 3.63) is 35.9 Å². The van der Waals surface area contributed by atoms with Crippen LogP contribution < -0.4 is 5.73 Å². The number of methoxy groups -OCH3 is 1. The van der Waals surface area contributed by atoms with Crippen LogP contribution >= 0.6 is 0 Å². The summed E-state index contributed by atoms with van der Waals surface area (Å²) in [5.41, 5.74) is 6.83. The maximum Gasteiger partial charge on any atom is 0.0973 e. The lowest BCUT2D eigenvalue weighted by atomic mass is 10.1. The monoisotopic (exact) mass is 177 g/mol. The molecule has 2 nitrogen and oxygen atoms in total. The molecule has 1 saturated carbocycles. The largest absolute Gasteiger partial charge is 0.373 e. The highest BCUT2D eigenvalue weighted by atomic mass is 16.5. The number of benzene rings is 1. The molecule has 1 aliphatic rings. The van der Waals surface area contributed by atoms with E-state index in [2.05, 4.69) is 12.1 Å². The van der Waals surface area contributed by atoms with Gasteiger partial charge in [0.05, 0.1) is 5.60 Å². The molecule has 13 heavy (non-hydrogen) atoms. The normalized spacial score (nSPS) is 31.7. The Balaban J connectivity index is 2.25. The minimum absolute atomic E-state index is 0.0734. The average molecular weight is 177 g/mol. The molecule has 0 aromatic heterocycles. The molecule has 0 spiro atoms. The average Bonchev–Trinajstić information content (AvgIpc) is 2.94. The van der Waals surface area contributed by atoms with E-state index < -0.39 is 0 Å². The summed E-state index contributed by atoms with van der Waals surface area (Å²) < 4.78 is 5.56. The molecule has 0 aliphatic heterocycles. The standard InChI is InChI=1S/C11H15NO/c1-13-11(7-10(11)8-12)9-5-3-2-4-6-9/h2-6,10H,7-8,12H2,1H3/t10-,11-/m0/s1. The van der Waals surface area contributed by atoms with Crippen molar-refractivity contribution < 1.29 is 4.74 Å². The summed E-state index contributed by atoms with van der Waals surface area (Å²) in [6, 6.07) is 10.3. The van der Waals surface area contributed by atoms with Crippen LogP contribution in [0, 0.1) is 5.92 Å². The van der Waals surface area contributed by atoms with Crippen LogP contribution in [0.2, 0.25) is 0 Å². The van der Waals surface area contributed by atoms with Gasteiger partial charge in [-0.25, -0.2) is 0 Å². The molecule has 1 aromatic carbocycles. The van der Waals surface area contributed by atoms with E-state index in [1.165, 1.54) is 5.56 Å². The number of nitrogens with two attached hydrogens (primary N) is 1. The molecule has 70 valence electrons. The van der Waals surface area contributed by atoms with Crippen LogP contribution in [0.5, 0.6) is 0 Å². The number of ether oxygens (including phenoxy) is 1. The summed E-state index contributed by atoms with van der Waals surface area (Å²) in [6.45, 7) is 0.711. The first-order valence-electron chi connectivity index (χ1n) is 4.64. The first kappa shape index (κ1) is 8.73. The van der Waals surface area contributed by atoms with Crippen molar-refractivity contribution in [2.24, 2.45) is 11.7 Å². The lowest BCUT2D eigenvalue weighted by Gasteiger charge is -2.15. The van der Waals surface area contributed by atoms with Crippen LogP contribution in [0.25, 0.3) is 0 Å². The van der Waals surface area contributed by atoms with E-state index in [4.69, 9.17) is 10.5 Å².